The molecule has 1 saturated carbocycles. The highest BCUT2D eigenvalue weighted by Crippen LogP contribution is 2.23. The maximum absolute atomic E-state index is 5.56. The quantitative estimate of drug-likeness (QED) is 0.652. The van der Waals surface area contributed by atoms with Crippen molar-refractivity contribution in [2.24, 2.45) is 5.92 Å². The fourth-order valence-corrected chi connectivity index (χ4v) is 2.13. The van der Waals surface area contributed by atoms with Crippen molar-refractivity contribution in [1.29, 1.82) is 0 Å². The van der Waals surface area contributed by atoms with Crippen molar-refractivity contribution >= 4 is 0 Å². The van der Waals surface area contributed by atoms with Gasteiger partial charge in [-0.2, -0.15) is 0 Å². The molecule has 0 aromatic rings. The van der Waals surface area contributed by atoms with Crippen LogP contribution in [0.2, 0.25) is 0 Å². The third kappa shape index (κ3) is 3.23. The molecule has 0 amide bonds. The molecule has 2 fully saturated rings. The first-order valence-corrected chi connectivity index (χ1v) is 5.85. The fraction of sp³-hybridized carbons (Fsp3) is 1.00. The van der Waals surface area contributed by atoms with E-state index in [1.165, 1.54) is 32.2 Å². The van der Waals surface area contributed by atoms with Crippen LogP contribution in [0.4, 0.5) is 0 Å². The van der Waals surface area contributed by atoms with Gasteiger partial charge in [0.25, 0.3) is 0 Å². The molecule has 0 spiro atoms. The molecular formula is C11H21NO2. The number of ether oxygens (including phenoxy) is 2. The Bertz CT molecular complexity index is 153. The van der Waals surface area contributed by atoms with Crippen molar-refractivity contribution in [1.82, 2.24) is 5.32 Å². The van der Waals surface area contributed by atoms with E-state index in [0.29, 0.717) is 6.10 Å². The molecular weight excluding hydrogens is 178 g/mol. The van der Waals surface area contributed by atoms with Gasteiger partial charge in [-0.3, -0.25) is 0 Å². The van der Waals surface area contributed by atoms with E-state index in [4.69, 9.17) is 9.47 Å². The van der Waals surface area contributed by atoms with E-state index >= 15 is 0 Å². The molecule has 0 aromatic heterocycles. The summed E-state index contributed by atoms with van der Waals surface area (Å²) in [5.74, 6) is 0.932. The molecule has 14 heavy (non-hydrogen) atoms. The lowest BCUT2D eigenvalue weighted by molar-refractivity contribution is -0.128. The van der Waals surface area contributed by atoms with Gasteiger partial charge in [0.05, 0.1) is 19.8 Å². The average molecular weight is 199 g/mol. The molecule has 0 atom stereocenters. The molecule has 0 radical (unpaired) electrons. The summed E-state index contributed by atoms with van der Waals surface area (Å²) < 4.78 is 10.6. The molecule has 1 heterocycles. The van der Waals surface area contributed by atoms with Gasteiger partial charge in [0.2, 0.25) is 0 Å². The minimum Gasteiger partial charge on any atom is -0.376 e. The monoisotopic (exact) mass is 199 g/mol. The topological polar surface area (TPSA) is 30.5 Å². The van der Waals surface area contributed by atoms with Crippen LogP contribution >= 0.6 is 0 Å². The second-order valence-electron chi connectivity index (χ2n) is 4.38. The summed E-state index contributed by atoms with van der Waals surface area (Å²) in [4.78, 5) is 0. The highest BCUT2D eigenvalue weighted by Gasteiger charge is 2.18. The Labute approximate surface area is 86.2 Å². The Kier molecular flexibility index (Phi) is 4.22. The van der Waals surface area contributed by atoms with Crippen LogP contribution in [-0.2, 0) is 9.47 Å². The molecule has 1 aliphatic carbocycles. The maximum atomic E-state index is 5.56. The Morgan fingerprint density at radius 3 is 2.64 bits per heavy atom. The summed E-state index contributed by atoms with van der Waals surface area (Å²) in [6, 6.07) is 0. The summed E-state index contributed by atoms with van der Waals surface area (Å²) >= 11 is 0. The summed E-state index contributed by atoms with van der Waals surface area (Å²) in [5.41, 5.74) is 0. The van der Waals surface area contributed by atoms with Gasteiger partial charge in [0.15, 0.2) is 0 Å². The molecule has 0 bridgehead atoms. The van der Waals surface area contributed by atoms with Crippen LogP contribution in [0.5, 0.6) is 0 Å². The molecule has 0 unspecified atom stereocenters. The average Bonchev–Trinajstić information content (AvgIpc) is 2.60. The molecule has 82 valence electrons. The first-order chi connectivity index (χ1) is 6.95. The predicted octanol–water partition coefficient (Wildman–Crippen LogP) is 1.18. The number of rotatable bonds is 6. The highest BCUT2D eigenvalue weighted by molar-refractivity contribution is 4.69. The van der Waals surface area contributed by atoms with Crippen molar-refractivity contribution in [2.75, 3.05) is 32.9 Å². The predicted molar refractivity (Wildman–Crippen MR) is 55.4 cm³/mol. The summed E-state index contributed by atoms with van der Waals surface area (Å²) in [6.45, 7) is 4.60. The molecule has 3 nitrogen and oxygen atoms in total. The van der Waals surface area contributed by atoms with E-state index in [1.807, 2.05) is 0 Å². The van der Waals surface area contributed by atoms with E-state index in [9.17, 15) is 0 Å². The maximum Gasteiger partial charge on any atom is 0.104 e. The number of hydrogen-bond donors (Lipinski definition) is 1. The van der Waals surface area contributed by atoms with E-state index in [1.54, 1.807) is 0 Å². The van der Waals surface area contributed by atoms with Crippen molar-refractivity contribution in [3.05, 3.63) is 0 Å². The van der Waals surface area contributed by atoms with Crippen LogP contribution in [0, 0.1) is 5.92 Å². The minimum absolute atomic E-state index is 0.378. The third-order valence-corrected chi connectivity index (χ3v) is 3.15. The first kappa shape index (κ1) is 10.4. The van der Waals surface area contributed by atoms with Gasteiger partial charge in [-0.15, -0.1) is 0 Å². The largest absolute Gasteiger partial charge is 0.376 e. The molecule has 3 heteroatoms. The first-order valence-electron chi connectivity index (χ1n) is 5.85. The molecule has 2 rings (SSSR count). The molecule has 1 N–H and O–H groups in total. The Balaban J connectivity index is 1.39. The van der Waals surface area contributed by atoms with Crippen LogP contribution in [0.3, 0.4) is 0 Å². The van der Waals surface area contributed by atoms with Crippen LogP contribution in [0.25, 0.3) is 0 Å². The lowest BCUT2D eigenvalue weighted by atomic mass is 10.1. The summed E-state index contributed by atoms with van der Waals surface area (Å²) in [6.07, 6.45) is 6.09. The van der Waals surface area contributed by atoms with Crippen molar-refractivity contribution in [3.63, 3.8) is 0 Å². The van der Waals surface area contributed by atoms with Gasteiger partial charge in [0.1, 0.15) is 6.10 Å². The van der Waals surface area contributed by atoms with Crippen LogP contribution in [0.1, 0.15) is 25.7 Å². The van der Waals surface area contributed by atoms with E-state index in [2.05, 4.69) is 5.32 Å². The van der Waals surface area contributed by atoms with E-state index in [-0.39, 0.29) is 0 Å². The SMILES string of the molecule is C1CCC(CNCCOC2COC2)C1. The van der Waals surface area contributed by atoms with E-state index in [0.717, 1.165) is 32.3 Å². The lowest BCUT2D eigenvalue weighted by Crippen LogP contribution is -2.38. The van der Waals surface area contributed by atoms with Crippen molar-refractivity contribution < 1.29 is 9.47 Å². The summed E-state index contributed by atoms with van der Waals surface area (Å²) in [5, 5.41) is 3.47. The van der Waals surface area contributed by atoms with Gasteiger partial charge >= 0.3 is 0 Å². The molecule has 1 aliphatic heterocycles. The van der Waals surface area contributed by atoms with Gasteiger partial charge in [-0.1, -0.05) is 12.8 Å². The molecule has 2 aliphatic rings. The smallest absolute Gasteiger partial charge is 0.104 e. The van der Waals surface area contributed by atoms with Gasteiger partial charge in [0, 0.05) is 6.54 Å². The van der Waals surface area contributed by atoms with Gasteiger partial charge in [-0.25, -0.2) is 0 Å². The molecule has 1 saturated heterocycles. The number of nitrogens with one attached hydrogen (secondary N) is 1. The Morgan fingerprint density at radius 1 is 1.21 bits per heavy atom. The van der Waals surface area contributed by atoms with Crippen molar-refractivity contribution in [2.45, 2.75) is 31.8 Å². The normalized spacial score (nSPS) is 24.0. The number of hydrogen-bond acceptors (Lipinski definition) is 3. The van der Waals surface area contributed by atoms with Gasteiger partial charge < -0.3 is 14.8 Å². The Hall–Kier alpha value is -0.120. The van der Waals surface area contributed by atoms with Crippen LogP contribution < -0.4 is 5.32 Å². The minimum atomic E-state index is 0.378. The zero-order valence-electron chi connectivity index (χ0n) is 8.84. The Morgan fingerprint density at radius 2 is 2.00 bits per heavy atom. The zero-order chi connectivity index (χ0) is 9.64. The van der Waals surface area contributed by atoms with Crippen LogP contribution in [0.15, 0.2) is 0 Å². The highest BCUT2D eigenvalue weighted by atomic mass is 16.6. The van der Waals surface area contributed by atoms with Crippen LogP contribution in [-0.4, -0.2) is 39.0 Å². The standard InChI is InChI=1S/C11H21NO2/c1-2-4-10(3-1)7-12-5-6-14-11-8-13-9-11/h10-12H,1-9H2. The zero-order valence-corrected chi connectivity index (χ0v) is 8.84. The van der Waals surface area contributed by atoms with E-state index < -0.39 is 0 Å². The van der Waals surface area contributed by atoms with Gasteiger partial charge in [-0.05, 0) is 25.3 Å². The third-order valence-electron chi connectivity index (χ3n) is 3.15. The van der Waals surface area contributed by atoms with Crippen molar-refractivity contribution in [3.8, 4) is 0 Å². The molecule has 0 aromatic carbocycles. The fourth-order valence-electron chi connectivity index (χ4n) is 2.13. The second-order valence-corrected chi connectivity index (χ2v) is 4.38. The lowest BCUT2D eigenvalue weighted by Gasteiger charge is -2.26. The summed E-state index contributed by atoms with van der Waals surface area (Å²) in [7, 11) is 0. The second kappa shape index (κ2) is 5.69.